The molecule has 25 heavy (non-hydrogen) atoms. The maximum absolute atomic E-state index is 12.6. The molecule has 3 N–H and O–H groups in total. The van der Waals surface area contributed by atoms with Crippen LogP contribution in [0.4, 0.5) is 11.4 Å². The van der Waals surface area contributed by atoms with E-state index in [0.717, 1.165) is 36.3 Å². The number of rotatable bonds is 4. The van der Waals surface area contributed by atoms with Crippen LogP contribution in [0.5, 0.6) is 0 Å². The summed E-state index contributed by atoms with van der Waals surface area (Å²) < 4.78 is 0. The predicted octanol–water partition coefficient (Wildman–Crippen LogP) is 3.46. The minimum Gasteiger partial charge on any atom is -0.398 e. The number of nitrogens with two attached hydrogens (primary N) is 1. The topological polar surface area (TPSA) is 58.4 Å². The van der Waals surface area contributed by atoms with Crippen molar-refractivity contribution in [2.24, 2.45) is 0 Å². The number of fused-ring (bicyclic) bond motifs is 1. The number of hydrogen-bond donors (Lipinski definition) is 2. The Labute approximate surface area is 155 Å². The van der Waals surface area contributed by atoms with Gasteiger partial charge in [-0.1, -0.05) is 30.3 Å². The highest BCUT2D eigenvalue weighted by atomic mass is 35.5. The summed E-state index contributed by atoms with van der Waals surface area (Å²) >= 11 is 0. The molecule has 0 saturated carbocycles. The highest BCUT2D eigenvalue weighted by Gasteiger charge is 2.26. The van der Waals surface area contributed by atoms with E-state index in [1.807, 2.05) is 31.2 Å². The van der Waals surface area contributed by atoms with E-state index in [0.29, 0.717) is 6.54 Å². The standard InChI is InChI=1S/C20H25N3O.ClH/c1-14-7-3-4-8-16(14)13-22-20(24)15(2)23-12-6-9-17-18(21)10-5-11-19(17)23;/h3-5,7-8,10-11,15H,6,9,12-13,21H2,1-2H3,(H,22,24);1H. The van der Waals surface area contributed by atoms with Crippen LogP contribution in [0.1, 0.15) is 30.0 Å². The lowest BCUT2D eigenvalue weighted by molar-refractivity contribution is -0.122. The van der Waals surface area contributed by atoms with Gasteiger partial charge in [0.1, 0.15) is 6.04 Å². The molecule has 0 aromatic heterocycles. The number of carbonyl (C=O) groups is 1. The van der Waals surface area contributed by atoms with Crippen molar-refractivity contribution in [1.82, 2.24) is 5.32 Å². The van der Waals surface area contributed by atoms with Gasteiger partial charge in [0, 0.05) is 24.5 Å². The van der Waals surface area contributed by atoms with E-state index < -0.39 is 0 Å². The van der Waals surface area contributed by atoms with Crippen molar-refractivity contribution in [2.45, 2.75) is 39.3 Å². The molecule has 1 unspecified atom stereocenters. The number of nitrogens with zero attached hydrogens (tertiary/aromatic N) is 1. The van der Waals surface area contributed by atoms with Crippen molar-refractivity contribution in [3.05, 3.63) is 59.2 Å². The van der Waals surface area contributed by atoms with Crippen LogP contribution in [0.2, 0.25) is 0 Å². The zero-order chi connectivity index (χ0) is 17.1. The zero-order valence-electron chi connectivity index (χ0n) is 14.8. The van der Waals surface area contributed by atoms with Gasteiger partial charge < -0.3 is 16.0 Å². The van der Waals surface area contributed by atoms with Gasteiger partial charge >= 0.3 is 0 Å². The molecule has 0 bridgehead atoms. The molecule has 0 fully saturated rings. The maximum atomic E-state index is 12.6. The number of anilines is 2. The minimum absolute atomic E-state index is 0. The Hall–Kier alpha value is -2.20. The SMILES string of the molecule is Cc1ccccc1CNC(=O)C(C)N1CCCc2c(N)cccc21.Cl. The first-order valence-electron chi connectivity index (χ1n) is 8.54. The normalized spacial score (nSPS) is 14.2. The zero-order valence-corrected chi connectivity index (χ0v) is 15.6. The van der Waals surface area contributed by atoms with E-state index in [1.54, 1.807) is 0 Å². The second-order valence-electron chi connectivity index (χ2n) is 6.46. The largest absolute Gasteiger partial charge is 0.398 e. The maximum Gasteiger partial charge on any atom is 0.242 e. The summed E-state index contributed by atoms with van der Waals surface area (Å²) in [6.07, 6.45) is 2.01. The number of hydrogen-bond acceptors (Lipinski definition) is 3. The summed E-state index contributed by atoms with van der Waals surface area (Å²) in [6.45, 7) is 5.48. The highest BCUT2D eigenvalue weighted by Crippen LogP contribution is 2.32. The fraction of sp³-hybridized carbons (Fsp3) is 0.350. The first-order chi connectivity index (χ1) is 11.6. The van der Waals surface area contributed by atoms with E-state index in [2.05, 4.69) is 35.3 Å². The summed E-state index contributed by atoms with van der Waals surface area (Å²) in [7, 11) is 0. The van der Waals surface area contributed by atoms with Gasteiger partial charge in [-0.05, 0) is 55.5 Å². The Morgan fingerprint density at radius 2 is 2.00 bits per heavy atom. The second kappa shape index (κ2) is 8.26. The third-order valence-electron chi connectivity index (χ3n) is 4.88. The Morgan fingerprint density at radius 3 is 2.76 bits per heavy atom. The van der Waals surface area contributed by atoms with Crippen molar-refractivity contribution in [3.8, 4) is 0 Å². The molecule has 1 aliphatic rings. The summed E-state index contributed by atoms with van der Waals surface area (Å²) in [4.78, 5) is 14.8. The van der Waals surface area contributed by atoms with Gasteiger partial charge in [0.2, 0.25) is 5.91 Å². The lowest BCUT2D eigenvalue weighted by Crippen LogP contribution is -2.47. The van der Waals surface area contributed by atoms with Gasteiger partial charge in [0.25, 0.3) is 0 Å². The van der Waals surface area contributed by atoms with Crippen molar-refractivity contribution >= 4 is 29.7 Å². The van der Waals surface area contributed by atoms with Crippen LogP contribution < -0.4 is 16.0 Å². The molecular formula is C20H26ClN3O. The monoisotopic (exact) mass is 359 g/mol. The number of nitrogens with one attached hydrogen (secondary N) is 1. The van der Waals surface area contributed by atoms with Crippen molar-refractivity contribution < 1.29 is 4.79 Å². The highest BCUT2D eigenvalue weighted by molar-refractivity contribution is 5.86. The van der Waals surface area contributed by atoms with E-state index in [9.17, 15) is 4.79 Å². The Balaban J connectivity index is 0.00000225. The summed E-state index contributed by atoms with van der Waals surface area (Å²) in [5.41, 5.74) is 11.5. The van der Waals surface area contributed by atoms with E-state index in [4.69, 9.17) is 5.73 Å². The molecule has 0 radical (unpaired) electrons. The number of halogens is 1. The first-order valence-corrected chi connectivity index (χ1v) is 8.54. The van der Waals surface area contributed by atoms with Crippen molar-refractivity contribution in [1.29, 1.82) is 0 Å². The van der Waals surface area contributed by atoms with Crippen LogP contribution in [0.25, 0.3) is 0 Å². The lowest BCUT2D eigenvalue weighted by Gasteiger charge is -2.36. The van der Waals surface area contributed by atoms with E-state index >= 15 is 0 Å². The molecular weight excluding hydrogens is 334 g/mol. The number of aryl methyl sites for hydroxylation is 1. The smallest absolute Gasteiger partial charge is 0.242 e. The first kappa shape index (κ1) is 19.1. The van der Waals surface area contributed by atoms with Gasteiger partial charge in [0.15, 0.2) is 0 Å². The van der Waals surface area contributed by atoms with Crippen LogP contribution in [0.15, 0.2) is 42.5 Å². The number of nitrogen functional groups attached to an aromatic ring is 1. The summed E-state index contributed by atoms with van der Waals surface area (Å²) in [5, 5.41) is 3.07. The number of amides is 1. The van der Waals surface area contributed by atoms with E-state index in [1.165, 1.54) is 11.1 Å². The van der Waals surface area contributed by atoms with Gasteiger partial charge in [-0.3, -0.25) is 4.79 Å². The average Bonchev–Trinajstić information content (AvgIpc) is 2.60. The van der Waals surface area contributed by atoms with E-state index in [-0.39, 0.29) is 24.4 Å². The summed E-state index contributed by atoms with van der Waals surface area (Å²) in [6, 6.07) is 13.9. The Morgan fingerprint density at radius 1 is 1.24 bits per heavy atom. The third-order valence-corrected chi connectivity index (χ3v) is 4.88. The van der Waals surface area contributed by atoms with Crippen LogP contribution in [-0.2, 0) is 17.8 Å². The van der Waals surface area contributed by atoms with Crippen molar-refractivity contribution in [2.75, 3.05) is 17.2 Å². The van der Waals surface area contributed by atoms with Crippen LogP contribution in [0, 0.1) is 6.92 Å². The molecule has 0 spiro atoms. The van der Waals surface area contributed by atoms with Gasteiger partial charge in [-0.25, -0.2) is 0 Å². The average molecular weight is 360 g/mol. The predicted molar refractivity (Wildman–Crippen MR) is 106 cm³/mol. The minimum atomic E-state index is -0.213. The molecule has 1 aliphatic heterocycles. The van der Waals surface area contributed by atoms with Crippen LogP contribution in [-0.4, -0.2) is 18.5 Å². The second-order valence-corrected chi connectivity index (χ2v) is 6.46. The molecule has 0 saturated heterocycles. The molecule has 1 atom stereocenters. The molecule has 0 aliphatic carbocycles. The molecule has 4 nitrogen and oxygen atoms in total. The van der Waals surface area contributed by atoms with Gasteiger partial charge in [-0.15, -0.1) is 12.4 Å². The molecule has 1 heterocycles. The van der Waals surface area contributed by atoms with Gasteiger partial charge in [0.05, 0.1) is 0 Å². The fourth-order valence-electron chi connectivity index (χ4n) is 3.36. The molecule has 3 rings (SSSR count). The number of benzene rings is 2. The Bertz CT molecular complexity index is 747. The molecule has 2 aromatic carbocycles. The molecule has 1 amide bonds. The quantitative estimate of drug-likeness (QED) is 0.822. The summed E-state index contributed by atoms with van der Waals surface area (Å²) in [5.74, 6) is 0.0496. The molecule has 5 heteroatoms. The Kier molecular flexibility index (Phi) is 6.32. The fourth-order valence-corrected chi connectivity index (χ4v) is 3.36. The lowest BCUT2D eigenvalue weighted by atomic mass is 9.98. The van der Waals surface area contributed by atoms with Crippen LogP contribution >= 0.6 is 12.4 Å². The van der Waals surface area contributed by atoms with Crippen LogP contribution in [0.3, 0.4) is 0 Å². The molecule has 134 valence electrons. The number of carbonyl (C=O) groups excluding carboxylic acids is 1. The van der Waals surface area contributed by atoms with Gasteiger partial charge in [-0.2, -0.15) is 0 Å². The molecule has 2 aromatic rings. The third kappa shape index (κ3) is 4.07. The van der Waals surface area contributed by atoms with Crippen molar-refractivity contribution in [3.63, 3.8) is 0 Å².